The molecule has 0 aromatic heterocycles. The van der Waals surface area contributed by atoms with Crippen molar-refractivity contribution in [3.63, 3.8) is 0 Å². The third-order valence-electron chi connectivity index (χ3n) is 3.06. The van der Waals surface area contributed by atoms with Crippen LogP contribution in [0, 0.1) is 11.8 Å². The lowest BCUT2D eigenvalue weighted by Gasteiger charge is -2.15. The largest absolute Gasteiger partial charge is 0.481 e. The van der Waals surface area contributed by atoms with E-state index < -0.39 is 11.9 Å². The molecule has 1 saturated carbocycles. The van der Waals surface area contributed by atoms with Crippen molar-refractivity contribution in [3.8, 4) is 0 Å². The van der Waals surface area contributed by atoms with Gasteiger partial charge in [-0.1, -0.05) is 18.6 Å². The van der Waals surface area contributed by atoms with Gasteiger partial charge in [-0.25, -0.2) is 0 Å². The third kappa shape index (κ3) is 4.49. The summed E-state index contributed by atoms with van der Waals surface area (Å²) < 4.78 is 5.25. The Morgan fingerprint density at radius 3 is 2.67 bits per heavy atom. The average molecular weight is 255 g/mol. The van der Waals surface area contributed by atoms with Gasteiger partial charge >= 0.3 is 5.97 Å². The van der Waals surface area contributed by atoms with Crippen LogP contribution in [0.4, 0.5) is 0 Å². The summed E-state index contributed by atoms with van der Waals surface area (Å²) in [6.07, 6.45) is 2.07. The molecule has 0 heterocycles. The van der Waals surface area contributed by atoms with E-state index in [1.165, 1.54) is 0 Å². The van der Waals surface area contributed by atoms with E-state index in [2.05, 4.69) is 11.9 Å². The normalized spacial score (nSPS) is 22.7. The van der Waals surface area contributed by atoms with Gasteiger partial charge in [-0.3, -0.25) is 9.59 Å². The Morgan fingerprint density at radius 1 is 1.39 bits per heavy atom. The maximum Gasteiger partial charge on any atom is 0.307 e. The average Bonchev–Trinajstić information content (AvgIpc) is 2.76. The van der Waals surface area contributed by atoms with Crippen molar-refractivity contribution in [2.75, 3.05) is 19.8 Å². The molecule has 102 valence electrons. The smallest absolute Gasteiger partial charge is 0.307 e. The van der Waals surface area contributed by atoms with Crippen molar-refractivity contribution >= 4 is 11.9 Å². The summed E-state index contributed by atoms with van der Waals surface area (Å²) in [5, 5.41) is 11.7. The molecule has 1 aliphatic carbocycles. The van der Waals surface area contributed by atoms with Gasteiger partial charge < -0.3 is 15.2 Å². The molecule has 5 heteroatoms. The molecule has 2 unspecified atom stereocenters. The minimum absolute atomic E-state index is 0.168. The van der Waals surface area contributed by atoms with Crippen LogP contribution in [-0.4, -0.2) is 36.7 Å². The van der Waals surface area contributed by atoms with Crippen LogP contribution in [0.15, 0.2) is 12.2 Å². The summed E-state index contributed by atoms with van der Waals surface area (Å²) in [5.74, 6) is -1.95. The number of nitrogens with one attached hydrogen (secondary N) is 1. The second kappa shape index (κ2) is 7.16. The second-order valence-electron chi connectivity index (χ2n) is 4.78. The van der Waals surface area contributed by atoms with E-state index >= 15 is 0 Å². The zero-order chi connectivity index (χ0) is 13.5. The number of hydrogen-bond donors (Lipinski definition) is 2. The fraction of sp³-hybridized carbons (Fsp3) is 0.692. The van der Waals surface area contributed by atoms with Gasteiger partial charge in [0.05, 0.1) is 25.0 Å². The number of carbonyl (C=O) groups is 2. The van der Waals surface area contributed by atoms with Gasteiger partial charge in [0, 0.05) is 6.54 Å². The quantitative estimate of drug-likeness (QED) is 0.529. The number of carboxylic acids is 1. The molecule has 5 nitrogen and oxygen atoms in total. The van der Waals surface area contributed by atoms with Crippen LogP contribution in [0.1, 0.15) is 26.2 Å². The lowest BCUT2D eigenvalue weighted by molar-refractivity contribution is -0.146. The molecule has 0 aromatic rings. The Morgan fingerprint density at radius 2 is 2.06 bits per heavy atom. The fourth-order valence-corrected chi connectivity index (χ4v) is 2.19. The van der Waals surface area contributed by atoms with Crippen LogP contribution in [0.25, 0.3) is 0 Å². The van der Waals surface area contributed by atoms with Gasteiger partial charge in [0.25, 0.3) is 0 Å². The number of carboxylic acid groups (broad SMARTS) is 1. The first-order valence-electron chi connectivity index (χ1n) is 6.25. The van der Waals surface area contributed by atoms with Crippen molar-refractivity contribution in [1.29, 1.82) is 0 Å². The van der Waals surface area contributed by atoms with E-state index in [0.29, 0.717) is 32.6 Å². The van der Waals surface area contributed by atoms with E-state index in [4.69, 9.17) is 9.84 Å². The van der Waals surface area contributed by atoms with Gasteiger partial charge in [-0.15, -0.1) is 0 Å². The van der Waals surface area contributed by atoms with E-state index in [0.717, 1.165) is 12.0 Å². The first-order chi connectivity index (χ1) is 8.52. The first-order valence-corrected chi connectivity index (χ1v) is 6.25. The predicted molar refractivity (Wildman–Crippen MR) is 67.1 cm³/mol. The van der Waals surface area contributed by atoms with E-state index in [-0.39, 0.29) is 11.8 Å². The van der Waals surface area contributed by atoms with Crippen LogP contribution in [-0.2, 0) is 14.3 Å². The lowest BCUT2D eigenvalue weighted by Crippen LogP contribution is -2.36. The summed E-state index contributed by atoms with van der Waals surface area (Å²) in [5.41, 5.74) is 0.933. The van der Waals surface area contributed by atoms with E-state index in [1.54, 1.807) is 0 Å². The molecule has 2 atom stereocenters. The zero-order valence-corrected chi connectivity index (χ0v) is 10.8. The molecule has 0 bridgehead atoms. The van der Waals surface area contributed by atoms with Crippen molar-refractivity contribution < 1.29 is 19.4 Å². The fourth-order valence-electron chi connectivity index (χ4n) is 2.19. The molecule has 1 amide bonds. The number of ether oxygens (including phenoxy) is 1. The number of rotatable bonds is 7. The van der Waals surface area contributed by atoms with E-state index in [9.17, 15) is 9.59 Å². The summed E-state index contributed by atoms with van der Waals surface area (Å²) >= 11 is 0. The topological polar surface area (TPSA) is 75.6 Å². The van der Waals surface area contributed by atoms with Crippen molar-refractivity contribution in [1.82, 2.24) is 5.32 Å². The van der Waals surface area contributed by atoms with Gasteiger partial charge in [-0.2, -0.15) is 0 Å². The predicted octanol–water partition coefficient (Wildman–Crippen LogP) is 1.20. The van der Waals surface area contributed by atoms with Crippen LogP contribution >= 0.6 is 0 Å². The van der Waals surface area contributed by atoms with Crippen LogP contribution < -0.4 is 5.32 Å². The Bertz CT molecular complexity index is 327. The Balaban J connectivity index is 2.24. The number of hydrogen-bond acceptors (Lipinski definition) is 3. The highest BCUT2D eigenvalue weighted by Gasteiger charge is 2.37. The summed E-state index contributed by atoms with van der Waals surface area (Å²) in [7, 11) is 0. The molecular weight excluding hydrogens is 234 g/mol. The third-order valence-corrected chi connectivity index (χ3v) is 3.06. The molecule has 0 aliphatic heterocycles. The standard InChI is InChI=1S/C13H21NO4/c1-9(2)8-18-7-6-14-12(15)10-4-3-5-11(10)13(16)17/h10-11H,1,3-8H2,2H3,(H,14,15)(H,16,17). The lowest BCUT2D eigenvalue weighted by atomic mass is 9.95. The Kier molecular flexibility index (Phi) is 5.85. The van der Waals surface area contributed by atoms with Gasteiger partial charge in [-0.05, 0) is 19.8 Å². The summed E-state index contributed by atoms with van der Waals surface area (Å²) in [6.45, 7) is 6.89. The zero-order valence-electron chi connectivity index (χ0n) is 10.8. The molecule has 0 radical (unpaired) electrons. The molecule has 1 fully saturated rings. The molecular formula is C13H21NO4. The first kappa shape index (κ1) is 14.7. The Labute approximate surface area is 107 Å². The maximum atomic E-state index is 11.8. The van der Waals surface area contributed by atoms with Crippen LogP contribution in [0.5, 0.6) is 0 Å². The van der Waals surface area contributed by atoms with Crippen molar-refractivity contribution in [2.45, 2.75) is 26.2 Å². The monoisotopic (exact) mass is 255 g/mol. The van der Waals surface area contributed by atoms with Crippen molar-refractivity contribution in [3.05, 3.63) is 12.2 Å². The molecule has 2 N–H and O–H groups in total. The molecule has 0 aromatic carbocycles. The molecule has 0 spiro atoms. The summed E-state index contributed by atoms with van der Waals surface area (Å²) in [6, 6.07) is 0. The highest BCUT2D eigenvalue weighted by Crippen LogP contribution is 2.31. The number of amides is 1. The van der Waals surface area contributed by atoms with Gasteiger partial charge in [0.15, 0.2) is 0 Å². The highest BCUT2D eigenvalue weighted by molar-refractivity contribution is 5.85. The van der Waals surface area contributed by atoms with Crippen LogP contribution in [0.3, 0.4) is 0 Å². The highest BCUT2D eigenvalue weighted by atomic mass is 16.5. The molecule has 18 heavy (non-hydrogen) atoms. The number of carbonyl (C=O) groups excluding carboxylic acids is 1. The molecule has 1 aliphatic rings. The maximum absolute atomic E-state index is 11.8. The minimum Gasteiger partial charge on any atom is -0.481 e. The van der Waals surface area contributed by atoms with Crippen LogP contribution in [0.2, 0.25) is 0 Å². The SMILES string of the molecule is C=C(C)COCCNC(=O)C1CCCC1C(=O)O. The van der Waals surface area contributed by atoms with Crippen molar-refractivity contribution in [2.24, 2.45) is 11.8 Å². The number of aliphatic carboxylic acids is 1. The second-order valence-corrected chi connectivity index (χ2v) is 4.78. The molecule has 1 rings (SSSR count). The Hall–Kier alpha value is -1.36. The molecule has 0 saturated heterocycles. The summed E-state index contributed by atoms with van der Waals surface area (Å²) in [4.78, 5) is 22.8. The van der Waals surface area contributed by atoms with Gasteiger partial charge in [0.1, 0.15) is 0 Å². The van der Waals surface area contributed by atoms with Gasteiger partial charge in [0.2, 0.25) is 5.91 Å². The minimum atomic E-state index is -0.869. The van der Waals surface area contributed by atoms with E-state index in [1.807, 2.05) is 6.92 Å².